The highest BCUT2D eigenvalue weighted by atomic mass is 19.3. The summed E-state index contributed by atoms with van der Waals surface area (Å²) in [7, 11) is 0. The third-order valence-electron chi connectivity index (χ3n) is 4.39. The van der Waals surface area contributed by atoms with Crippen LogP contribution in [0.25, 0.3) is 0 Å². The minimum atomic E-state index is -2.99. The molecule has 0 aromatic heterocycles. The molecular weight excluding hydrogens is 310 g/mol. The predicted molar refractivity (Wildman–Crippen MR) is 80.1 cm³/mol. The molecule has 0 bridgehead atoms. The molecule has 1 atom stereocenters. The van der Waals surface area contributed by atoms with E-state index >= 15 is 0 Å². The molecule has 2 heterocycles. The fraction of sp³-hybridized carbons (Fsp3) is 0.929. The molecule has 9 heteroatoms. The zero-order chi connectivity index (χ0) is 16.9. The Morgan fingerprint density at radius 1 is 1.26 bits per heavy atom. The average molecular weight is 334 g/mol. The van der Waals surface area contributed by atoms with Crippen LogP contribution in [0.1, 0.15) is 26.2 Å². The van der Waals surface area contributed by atoms with Crippen LogP contribution < -0.4 is 0 Å². The molecule has 2 saturated heterocycles. The lowest BCUT2D eigenvalue weighted by Crippen LogP contribution is -2.62. The second-order valence-corrected chi connectivity index (χ2v) is 6.03. The van der Waals surface area contributed by atoms with Crippen LogP contribution >= 0.6 is 0 Å². The van der Waals surface area contributed by atoms with Crippen molar-refractivity contribution in [3.8, 4) is 0 Å². The molecule has 2 aliphatic heterocycles. The fourth-order valence-electron chi connectivity index (χ4n) is 3.03. The number of carbonyl (C=O) groups excluding carboxylic acids is 1. The number of alkyl halides is 2. The summed E-state index contributed by atoms with van der Waals surface area (Å²) in [4.78, 5) is 25.1. The van der Waals surface area contributed by atoms with Crippen LogP contribution in [0.3, 0.4) is 0 Å². The summed E-state index contributed by atoms with van der Waals surface area (Å²) in [5, 5.41) is 4.18. The smallest absolute Gasteiger partial charge is 0.409 e. The van der Waals surface area contributed by atoms with E-state index in [9.17, 15) is 18.5 Å². The maximum absolute atomic E-state index is 14.4. The van der Waals surface area contributed by atoms with Crippen LogP contribution in [0.2, 0.25) is 0 Å². The summed E-state index contributed by atoms with van der Waals surface area (Å²) in [6.45, 7) is 3.36. The highest BCUT2D eigenvalue weighted by Gasteiger charge is 2.49. The van der Waals surface area contributed by atoms with Gasteiger partial charge in [-0.05, 0) is 12.8 Å². The van der Waals surface area contributed by atoms with E-state index < -0.39 is 24.6 Å². The van der Waals surface area contributed by atoms with E-state index in [0.717, 1.165) is 17.7 Å². The molecule has 1 unspecified atom stereocenters. The summed E-state index contributed by atoms with van der Waals surface area (Å²) >= 11 is 0. The first-order chi connectivity index (χ1) is 11.0. The third-order valence-corrected chi connectivity index (χ3v) is 4.39. The van der Waals surface area contributed by atoms with Crippen molar-refractivity contribution in [2.24, 2.45) is 5.29 Å². The summed E-state index contributed by atoms with van der Waals surface area (Å²) < 4.78 is 33.9. The van der Waals surface area contributed by atoms with Gasteiger partial charge in [0.05, 0.1) is 37.6 Å². The molecular formula is C14H24F2N4O3. The number of likely N-dealkylation sites (tertiary alicyclic amines) is 1. The van der Waals surface area contributed by atoms with E-state index in [1.54, 1.807) is 4.90 Å². The third kappa shape index (κ3) is 4.49. The number of unbranched alkanes of at least 4 members (excludes halogenated alkanes) is 1. The highest BCUT2D eigenvalue weighted by Crippen LogP contribution is 2.32. The molecule has 132 valence electrons. The van der Waals surface area contributed by atoms with E-state index in [2.05, 4.69) is 5.29 Å². The van der Waals surface area contributed by atoms with Gasteiger partial charge < -0.3 is 9.64 Å². The van der Waals surface area contributed by atoms with Gasteiger partial charge in [0.1, 0.15) is 0 Å². The molecule has 1 amide bonds. The molecule has 0 N–H and O–H groups in total. The molecule has 0 aromatic carbocycles. The van der Waals surface area contributed by atoms with E-state index in [1.807, 2.05) is 6.92 Å². The second kappa shape index (κ2) is 7.85. The van der Waals surface area contributed by atoms with E-state index in [-0.39, 0.29) is 19.6 Å². The Kier molecular flexibility index (Phi) is 6.09. The number of amides is 1. The van der Waals surface area contributed by atoms with E-state index in [0.29, 0.717) is 26.2 Å². The van der Waals surface area contributed by atoms with E-state index in [4.69, 9.17) is 4.74 Å². The van der Waals surface area contributed by atoms with Gasteiger partial charge in [-0.2, -0.15) is 0 Å². The number of piperazine rings is 1. The van der Waals surface area contributed by atoms with Crippen LogP contribution in [-0.2, 0) is 4.74 Å². The van der Waals surface area contributed by atoms with Gasteiger partial charge in [-0.3, -0.25) is 9.91 Å². The number of hydrogen-bond donors (Lipinski definition) is 0. The quantitative estimate of drug-likeness (QED) is 0.568. The van der Waals surface area contributed by atoms with Crippen molar-refractivity contribution >= 4 is 6.09 Å². The molecule has 7 nitrogen and oxygen atoms in total. The summed E-state index contributed by atoms with van der Waals surface area (Å²) in [6.07, 6.45) is 1.15. The lowest BCUT2D eigenvalue weighted by atomic mass is 9.98. The molecule has 0 aliphatic carbocycles. The van der Waals surface area contributed by atoms with Crippen LogP contribution in [0.4, 0.5) is 13.6 Å². The Labute approximate surface area is 134 Å². The summed E-state index contributed by atoms with van der Waals surface area (Å²) in [5.41, 5.74) is 0. The monoisotopic (exact) mass is 334 g/mol. The Morgan fingerprint density at radius 2 is 1.96 bits per heavy atom. The summed E-state index contributed by atoms with van der Waals surface area (Å²) in [6, 6.07) is -0.906. The molecule has 0 spiro atoms. The number of nitroso groups, excluding NO2 is 1. The normalized spacial score (nSPS) is 25.3. The number of rotatable bonds is 5. The van der Waals surface area contributed by atoms with Crippen molar-refractivity contribution in [3.63, 3.8) is 0 Å². The molecule has 2 rings (SSSR count). The number of hydrogen-bond acceptors (Lipinski definition) is 5. The predicted octanol–water partition coefficient (Wildman–Crippen LogP) is 1.93. The van der Waals surface area contributed by atoms with Crippen molar-refractivity contribution in [3.05, 3.63) is 4.91 Å². The number of halogens is 2. The van der Waals surface area contributed by atoms with Gasteiger partial charge in [0, 0.05) is 19.6 Å². The van der Waals surface area contributed by atoms with Crippen LogP contribution in [0, 0.1) is 4.91 Å². The molecule has 0 aromatic rings. The van der Waals surface area contributed by atoms with Crippen LogP contribution in [0.15, 0.2) is 5.29 Å². The number of carbonyl (C=O) groups is 1. The zero-order valence-electron chi connectivity index (χ0n) is 13.4. The Hall–Kier alpha value is -1.51. The minimum Gasteiger partial charge on any atom is -0.449 e. The van der Waals surface area contributed by atoms with Gasteiger partial charge in [0.2, 0.25) is 0 Å². The first kappa shape index (κ1) is 17.8. The number of piperidine rings is 1. The minimum absolute atomic E-state index is 0.199. The molecule has 2 aliphatic rings. The lowest BCUT2D eigenvalue weighted by molar-refractivity contribution is -0.129. The van der Waals surface area contributed by atoms with Gasteiger partial charge >= 0.3 is 6.09 Å². The van der Waals surface area contributed by atoms with Crippen molar-refractivity contribution in [2.45, 2.75) is 38.2 Å². The van der Waals surface area contributed by atoms with Crippen molar-refractivity contribution in [2.75, 3.05) is 45.9 Å². The number of ether oxygens (including phenoxy) is 1. The highest BCUT2D eigenvalue weighted by molar-refractivity contribution is 5.67. The summed E-state index contributed by atoms with van der Waals surface area (Å²) in [5.74, 6) is -2.99. The van der Waals surface area contributed by atoms with Crippen molar-refractivity contribution in [1.82, 2.24) is 14.8 Å². The first-order valence-corrected chi connectivity index (χ1v) is 8.09. The van der Waals surface area contributed by atoms with E-state index in [1.165, 1.54) is 5.01 Å². The maximum atomic E-state index is 14.4. The standard InChI is InChI=1S/C14H24F2N4O3/c1-2-3-10-23-13(21)19-5-4-12(14(15,16)11-19)18-6-8-20(17-22)9-7-18/h12H,2-11H2,1H3. The fourth-order valence-corrected chi connectivity index (χ4v) is 3.03. The SMILES string of the molecule is CCCCOC(=O)N1CCC(N2CCN(N=O)CC2)C(F)(F)C1. The first-order valence-electron chi connectivity index (χ1n) is 8.09. The van der Waals surface area contributed by atoms with Crippen molar-refractivity contribution < 1.29 is 18.3 Å². The molecule has 0 saturated carbocycles. The van der Waals surface area contributed by atoms with Gasteiger partial charge in [0.25, 0.3) is 5.92 Å². The van der Waals surface area contributed by atoms with Crippen LogP contribution in [-0.4, -0.2) is 78.7 Å². The largest absolute Gasteiger partial charge is 0.449 e. The van der Waals surface area contributed by atoms with Gasteiger partial charge in [-0.15, -0.1) is 4.91 Å². The lowest BCUT2D eigenvalue weighted by Gasteiger charge is -2.45. The Morgan fingerprint density at radius 3 is 2.52 bits per heavy atom. The van der Waals surface area contributed by atoms with Gasteiger partial charge in [-0.1, -0.05) is 13.3 Å². The maximum Gasteiger partial charge on any atom is 0.409 e. The molecule has 23 heavy (non-hydrogen) atoms. The molecule has 0 radical (unpaired) electrons. The Balaban J connectivity index is 1.87. The Bertz CT molecular complexity index is 417. The topological polar surface area (TPSA) is 65.5 Å². The average Bonchev–Trinajstić information content (AvgIpc) is 2.54. The second-order valence-electron chi connectivity index (χ2n) is 6.03. The van der Waals surface area contributed by atoms with Crippen molar-refractivity contribution in [1.29, 1.82) is 0 Å². The number of nitrogens with zero attached hydrogens (tertiary/aromatic N) is 4. The van der Waals surface area contributed by atoms with Crippen LogP contribution in [0.5, 0.6) is 0 Å². The zero-order valence-corrected chi connectivity index (χ0v) is 13.4. The van der Waals surface area contributed by atoms with Gasteiger partial charge in [-0.25, -0.2) is 13.6 Å². The molecule has 2 fully saturated rings. The van der Waals surface area contributed by atoms with Gasteiger partial charge in [0.15, 0.2) is 0 Å².